The molecule has 37 heavy (non-hydrogen) atoms. The van der Waals surface area contributed by atoms with E-state index in [1.54, 1.807) is 18.4 Å². The van der Waals surface area contributed by atoms with E-state index in [1.165, 1.54) is 6.33 Å². The Bertz CT molecular complexity index is 1230. The molecular weight excluding hydrogens is 531 g/mol. The topological polar surface area (TPSA) is 221 Å². The molecule has 0 aromatic carbocycles. The van der Waals surface area contributed by atoms with Gasteiger partial charge in [0.25, 0.3) is 5.56 Å². The van der Waals surface area contributed by atoms with Gasteiger partial charge in [-0.15, -0.1) is 0 Å². The Morgan fingerprint density at radius 2 is 2.16 bits per heavy atom. The minimum Gasteiger partial charge on any atom is -0.480 e. The van der Waals surface area contributed by atoms with Crippen molar-refractivity contribution in [1.29, 1.82) is 0 Å². The molecule has 0 radical (unpaired) electrons. The van der Waals surface area contributed by atoms with E-state index in [9.17, 15) is 24.1 Å². The van der Waals surface area contributed by atoms with Crippen molar-refractivity contribution < 1.29 is 38.2 Å². The van der Waals surface area contributed by atoms with Crippen LogP contribution < -0.4 is 16.4 Å². The van der Waals surface area contributed by atoms with Gasteiger partial charge in [0.05, 0.1) is 37.7 Å². The van der Waals surface area contributed by atoms with Crippen molar-refractivity contribution in [2.75, 3.05) is 37.9 Å². The Morgan fingerprint density at radius 1 is 1.43 bits per heavy atom. The van der Waals surface area contributed by atoms with Crippen LogP contribution in [0.1, 0.15) is 33.4 Å². The number of nitrogen functional groups attached to an aromatic ring is 1. The number of carbonyl (C=O) groups is 2. The maximum atomic E-state index is 13.1. The molecule has 0 amide bonds. The van der Waals surface area contributed by atoms with Gasteiger partial charge in [-0.3, -0.25) is 33.0 Å². The van der Waals surface area contributed by atoms with E-state index in [2.05, 4.69) is 20.0 Å². The molecule has 1 unspecified atom stereocenters. The maximum Gasteiger partial charge on any atom is 0.406 e. The van der Waals surface area contributed by atoms with Crippen molar-refractivity contribution in [1.82, 2.24) is 24.6 Å². The van der Waals surface area contributed by atoms with Gasteiger partial charge >= 0.3 is 13.7 Å². The Labute approximate surface area is 216 Å². The second-order valence-electron chi connectivity index (χ2n) is 9.17. The number of carboxylic acid groups (broad SMARTS) is 1. The molecule has 3 heterocycles. The van der Waals surface area contributed by atoms with E-state index in [0.717, 1.165) is 11.8 Å². The lowest BCUT2D eigenvalue weighted by Crippen LogP contribution is -2.27. The van der Waals surface area contributed by atoms with Gasteiger partial charge in [-0.05, 0) is 20.3 Å². The number of nitrogens with two attached hydrogens (primary N) is 1. The molecule has 206 valence electrons. The quantitative estimate of drug-likeness (QED) is 0.168. The summed E-state index contributed by atoms with van der Waals surface area (Å²) in [5.41, 5.74) is 4.61. The number of aliphatic hydroxyl groups is 1. The molecule has 1 saturated heterocycles. The first-order chi connectivity index (χ1) is 17.3. The first kappa shape index (κ1) is 29.2. The van der Waals surface area contributed by atoms with Crippen LogP contribution in [0.25, 0.3) is 11.2 Å². The molecule has 4 atom stereocenters. The number of carboxylic acids is 1. The van der Waals surface area contributed by atoms with E-state index >= 15 is 0 Å². The third kappa shape index (κ3) is 7.37. The summed E-state index contributed by atoms with van der Waals surface area (Å²) in [7, 11) is -4.06. The Balaban J connectivity index is 1.61. The summed E-state index contributed by atoms with van der Waals surface area (Å²) in [6.45, 7) is 3.75. The van der Waals surface area contributed by atoms with E-state index in [4.69, 9.17) is 24.6 Å². The summed E-state index contributed by atoms with van der Waals surface area (Å²) in [5.74, 6) is -1.28. The number of aliphatic hydroxyl groups excluding tert-OH is 1. The summed E-state index contributed by atoms with van der Waals surface area (Å²) < 4.78 is 31.6. The summed E-state index contributed by atoms with van der Waals surface area (Å²) >= 11 is 0.901. The molecule has 0 aliphatic carbocycles. The number of hydrogen-bond acceptors (Lipinski definition) is 12. The van der Waals surface area contributed by atoms with Crippen molar-refractivity contribution in [3.63, 3.8) is 0 Å². The number of aromatic amines is 1. The van der Waals surface area contributed by atoms with Crippen LogP contribution in [0.3, 0.4) is 0 Å². The molecule has 2 aromatic heterocycles. The highest BCUT2D eigenvalue weighted by Gasteiger charge is 2.37. The third-order valence-electron chi connectivity index (χ3n) is 5.56. The molecule has 0 bridgehead atoms. The first-order valence-electron chi connectivity index (χ1n) is 11.4. The van der Waals surface area contributed by atoms with Crippen molar-refractivity contribution in [2.45, 2.75) is 39.5 Å². The molecule has 6 N–H and O–H groups in total. The van der Waals surface area contributed by atoms with Gasteiger partial charge in [0.1, 0.15) is 12.8 Å². The van der Waals surface area contributed by atoms with Crippen LogP contribution in [0.2, 0.25) is 0 Å². The molecule has 2 aromatic rings. The molecule has 0 spiro atoms. The number of fused-ring (bicyclic) bond motifs is 1. The molecule has 1 fully saturated rings. The van der Waals surface area contributed by atoms with Crippen LogP contribution in [0.4, 0.5) is 5.95 Å². The number of H-pyrrole nitrogens is 1. The molecule has 1 aliphatic heterocycles. The van der Waals surface area contributed by atoms with Crippen molar-refractivity contribution in [3.05, 3.63) is 16.7 Å². The zero-order valence-corrected chi connectivity index (χ0v) is 22.3. The lowest BCUT2D eigenvalue weighted by atomic mass is 9.97. The lowest BCUT2D eigenvalue weighted by molar-refractivity contribution is -0.135. The number of rotatable bonds is 13. The Morgan fingerprint density at radius 3 is 2.84 bits per heavy atom. The van der Waals surface area contributed by atoms with Crippen molar-refractivity contribution in [3.8, 4) is 0 Å². The largest absolute Gasteiger partial charge is 0.480 e. The predicted octanol–water partition coefficient (Wildman–Crippen LogP) is 0.719. The lowest BCUT2D eigenvalue weighted by Gasteiger charge is -2.22. The van der Waals surface area contributed by atoms with Crippen LogP contribution in [-0.2, 0) is 27.9 Å². The normalized spacial score (nSPS) is 21.8. The fraction of sp³-hybridized carbons (Fsp3) is 0.650. The first-order valence-corrected chi connectivity index (χ1v) is 13.9. The predicted molar refractivity (Wildman–Crippen MR) is 134 cm³/mol. The minimum absolute atomic E-state index is 0.0628. The van der Waals surface area contributed by atoms with E-state index < -0.39 is 43.6 Å². The monoisotopic (exact) mass is 562 g/mol. The number of thioether (sulfide) groups is 1. The number of aliphatic carboxylic acids is 1. The fourth-order valence-corrected chi connectivity index (χ4v) is 5.73. The standard InChI is InChI=1S/C20H31N6O9PS/c1-11-6-12(35-17(11)26-10-22-14-15(26)24-19(21)25-16(14)30)8-34-36(32,23-7-13(28)29)33-4-5-37-18(31)20(2,3)9-27/h10-12,17,27H,4-9H2,1-3H3,(H,23,32)(H,28,29)(H3,21,24,25,30)/t11-,12-,17+,36?/m0/s1. The average Bonchev–Trinajstić information content (AvgIpc) is 3.42. The Kier molecular flexibility index (Phi) is 9.50. The number of carbonyl (C=O) groups excluding carboxylic acids is 1. The minimum atomic E-state index is -4.06. The number of aromatic nitrogens is 4. The van der Waals surface area contributed by atoms with Crippen LogP contribution in [0, 0.1) is 11.3 Å². The zero-order chi connectivity index (χ0) is 27.4. The average molecular weight is 563 g/mol. The van der Waals surface area contributed by atoms with Crippen molar-refractivity contribution in [2.24, 2.45) is 11.3 Å². The number of nitrogens with one attached hydrogen (secondary N) is 2. The summed E-state index contributed by atoms with van der Waals surface area (Å²) in [6, 6.07) is 0. The van der Waals surface area contributed by atoms with Gasteiger partial charge in [0.2, 0.25) is 5.95 Å². The number of hydrogen-bond donors (Lipinski definition) is 5. The summed E-state index contributed by atoms with van der Waals surface area (Å²) in [5, 5.41) is 20.3. The smallest absolute Gasteiger partial charge is 0.406 e. The molecule has 17 heteroatoms. The summed E-state index contributed by atoms with van der Waals surface area (Å²) in [6.07, 6.45) is 0.817. The second kappa shape index (κ2) is 12.0. The number of anilines is 1. The highest BCUT2D eigenvalue weighted by Crippen LogP contribution is 2.45. The molecule has 1 aliphatic rings. The number of imidazole rings is 1. The maximum absolute atomic E-state index is 13.1. The van der Waals surface area contributed by atoms with Gasteiger partial charge in [0, 0.05) is 11.7 Å². The molecular formula is C20H31N6O9PS. The van der Waals surface area contributed by atoms with Crippen LogP contribution in [0.5, 0.6) is 0 Å². The number of nitrogens with zero attached hydrogens (tertiary/aromatic N) is 3. The highest BCUT2D eigenvalue weighted by molar-refractivity contribution is 8.13. The van der Waals surface area contributed by atoms with Gasteiger partial charge in [-0.1, -0.05) is 18.7 Å². The zero-order valence-electron chi connectivity index (χ0n) is 20.6. The van der Waals surface area contributed by atoms with Gasteiger partial charge in [-0.2, -0.15) is 4.98 Å². The van der Waals surface area contributed by atoms with Gasteiger partial charge in [0.15, 0.2) is 16.3 Å². The molecule has 15 nitrogen and oxygen atoms in total. The van der Waals surface area contributed by atoms with E-state index in [0.29, 0.717) is 6.42 Å². The SMILES string of the molecule is C[C@H]1C[C@@H](COP(=O)(NCC(=O)O)OCCSC(=O)C(C)(C)CO)O[C@H]1n1cnc2c(=O)[nH]c(N)nc21. The fourth-order valence-electron chi connectivity index (χ4n) is 3.52. The number of ether oxygens (including phenoxy) is 1. The molecule has 3 rings (SSSR count). The van der Waals surface area contributed by atoms with Gasteiger partial charge in [-0.25, -0.2) is 14.6 Å². The van der Waals surface area contributed by atoms with Gasteiger partial charge < -0.3 is 20.7 Å². The van der Waals surface area contributed by atoms with Crippen molar-refractivity contribution >= 4 is 47.7 Å². The van der Waals surface area contributed by atoms with Crippen LogP contribution in [0.15, 0.2) is 11.1 Å². The highest BCUT2D eigenvalue weighted by atomic mass is 32.2. The third-order valence-corrected chi connectivity index (χ3v) is 8.30. The van der Waals surface area contributed by atoms with E-state index in [1.807, 2.05) is 6.92 Å². The second-order valence-corrected chi connectivity index (χ2v) is 12.1. The summed E-state index contributed by atoms with van der Waals surface area (Å²) in [4.78, 5) is 45.8. The van der Waals surface area contributed by atoms with E-state index in [-0.39, 0.29) is 53.7 Å². The Hall–Kier alpha value is -2.33. The van der Waals surface area contributed by atoms with Crippen LogP contribution >= 0.6 is 19.5 Å². The molecule has 0 saturated carbocycles. The van der Waals surface area contributed by atoms with Crippen LogP contribution in [-0.4, -0.2) is 79.0 Å².